The lowest BCUT2D eigenvalue weighted by Crippen LogP contribution is -2.33. The Morgan fingerprint density at radius 1 is 0.971 bits per heavy atom. The van der Waals surface area contributed by atoms with Crippen molar-refractivity contribution in [2.45, 2.75) is 146 Å². The molecule has 0 aliphatic heterocycles. The van der Waals surface area contributed by atoms with E-state index in [1.54, 1.807) is 16.7 Å². The van der Waals surface area contributed by atoms with Crippen LogP contribution in [0.5, 0.6) is 0 Å². The highest BCUT2D eigenvalue weighted by Crippen LogP contribution is 2.58. The Morgan fingerprint density at radius 2 is 1.65 bits per heavy atom. The highest BCUT2D eigenvalue weighted by atomic mass is 14.5. The van der Waals surface area contributed by atoms with Crippen molar-refractivity contribution in [3.63, 3.8) is 0 Å². The average molecular weight is 469 g/mol. The minimum absolute atomic E-state index is 0.497. The molecule has 196 valence electrons. The Bertz CT molecular complexity index is 680. The van der Waals surface area contributed by atoms with Crippen molar-refractivity contribution in [2.24, 2.45) is 34.5 Å². The molecule has 0 saturated heterocycles. The molecule has 3 aliphatic rings. The molecule has 0 nitrogen and oxygen atoms in total. The van der Waals surface area contributed by atoms with Crippen LogP contribution in [0.2, 0.25) is 0 Å². The molecule has 3 saturated carbocycles. The van der Waals surface area contributed by atoms with Crippen LogP contribution in [0, 0.1) is 34.5 Å². The monoisotopic (exact) mass is 468 g/mol. The van der Waals surface area contributed by atoms with Crippen LogP contribution in [0.3, 0.4) is 0 Å². The van der Waals surface area contributed by atoms with Gasteiger partial charge in [0.1, 0.15) is 0 Å². The molecule has 3 aliphatic carbocycles. The summed E-state index contributed by atoms with van der Waals surface area (Å²) in [5, 5.41) is 0. The fourth-order valence-electron chi connectivity index (χ4n) is 7.53. The zero-order valence-corrected chi connectivity index (χ0v) is 24.7. The summed E-state index contributed by atoms with van der Waals surface area (Å²) in [6.45, 7) is 21.0. The largest absolute Gasteiger partial charge is 0.0848 e. The summed E-state index contributed by atoms with van der Waals surface area (Å²) in [7, 11) is 0. The quantitative estimate of drug-likeness (QED) is 0.257. The Labute approximate surface area is 215 Å². The van der Waals surface area contributed by atoms with Crippen LogP contribution < -0.4 is 0 Å². The van der Waals surface area contributed by atoms with Crippen LogP contribution in [0.15, 0.2) is 34.9 Å². The predicted octanol–water partition coefficient (Wildman–Crippen LogP) is 11.5. The first-order valence-corrected chi connectivity index (χ1v) is 15.2. The second kappa shape index (κ2) is 13.5. The van der Waals surface area contributed by atoms with E-state index < -0.39 is 0 Å². The summed E-state index contributed by atoms with van der Waals surface area (Å²) < 4.78 is 0. The molecule has 0 aromatic carbocycles. The second-order valence-corrected chi connectivity index (χ2v) is 13.3. The molecule has 5 atom stereocenters. The number of hydrogen-bond acceptors (Lipinski definition) is 0. The maximum atomic E-state index is 2.66. The predicted molar refractivity (Wildman–Crippen MR) is 154 cm³/mol. The topological polar surface area (TPSA) is 0 Å². The SMILES string of the molecule is CC.CCCC=C1C(C)CC(=C/C=C2\CCCC3(C)C(CCCCC(C)(C)C)CCC23)CC1C. The van der Waals surface area contributed by atoms with E-state index in [1.807, 2.05) is 13.8 Å². The molecular weight excluding hydrogens is 408 g/mol. The van der Waals surface area contributed by atoms with Gasteiger partial charge in [0.05, 0.1) is 0 Å². The summed E-state index contributed by atoms with van der Waals surface area (Å²) in [5.41, 5.74) is 6.31. The Kier molecular flexibility index (Phi) is 11.7. The molecule has 0 spiro atoms. The van der Waals surface area contributed by atoms with Gasteiger partial charge in [-0.1, -0.05) is 117 Å². The first-order chi connectivity index (χ1) is 16.1. The number of fused-ring (bicyclic) bond motifs is 1. The molecule has 34 heavy (non-hydrogen) atoms. The van der Waals surface area contributed by atoms with E-state index >= 15 is 0 Å². The van der Waals surface area contributed by atoms with Crippen molar-refractivity contribution in [1.29, 1.82) is 0 Å². The highest BCUT2D eigenvalue weighted by Gasteiger charge is 2.48. The van der Waals surface area contributed by atoms with Gasteiger partial charge in [0.2, 0.25) is 0 Å². The molecule has 0 N–H and O–H groups in total. The van der Waals surface area contributed by atoms with E-state index in [-0.39, 0.29) is 0 Å². The third-order valence-electron chi connectivity index (χ3n) is 9.37. The Morgan fingerprint density at radius 3 is 2.26 bits per heavy atom. The van der Waals surface area contributed by atoms with Crippen molar-refractivity contribution in [1.82, 2.24) is 0 Å². The van der Waals surface area contributed by atoms with Crippen molar-refractivity contribution in [3.05, 3.63) is 34.9 Å². The Balaban J connectivity index is 0.00000199. The fraction of sp³-hybridized carbons (Fsp3) is 0.824. The van der Waals surface area contributed by atoms with Crippen LogP contribution >= 0.6 is 0 Å². The average Bonchev–Trinajstić information content (AvgIpc) is 3.12. The van der Waals surface area contributed by atoms with Gasteiger partial charge >= 0.3 is 0 Å². The van der Waals surface area contributed by atoms with Crippen LogP contribution in [0.4, 0.5) is 0 Å². The molecule has 0 heterocycles. The van der Waals surface area contributed by atoms with E-state index in [0.717, 1.165) is 23.7 Å². The van der Waals surface area contributed by atoms with Gasteiger partial charge in [0, 0.05) is 0 Å². The van der Waals surface area contributed by atoms with E-state index in [0.29, 0.717) is 10.8 Å². The molecule has 0 aromatic heterocycles. The Hall–Kier alpha value is -0.780. The zero-order chi connectivity index (χ0) is 25.4. The molecule has 0 bridgehead atoms. The van der Waals surface area contributed by atoms with Crippen LogP contribution in [-0.4, -0.2) is 0 Å². The smallest absolute Gasteiger partial charge is 0.0143 e. The molecule has 0 radical (unpaired) electrons. The maximum Gasteiger partial charge on any atom is -0.0143 e. The van der Waals surface area contributed by atoms with Crippen molar-refractivity contribution in [2.75, 3.05) is 0 Å². The zero-order valence-electron chi connectivity index (χ0n) is 24.7. The van der Waals surface area contributed by atoms with Crippen LogP contribution in [0.1, 0.15) is 146 Å². The number of unbranched alkanes of at least 4 members (excludes halogenated alkanes) is 2. The summed E-state index contributed by atoms with van der Waals surface area (Å²) >= 11 is 0. The van der Waals surface area contributed by atoms with Gasteiger partial charge in [0.25, 0.3) is 0 Å². The van der Waals surface area contributed by atoms with E-state index in [2.05, 4.69) is 66.7 Å². The van der Waals surface area contributed by atoms with Gasteiger partial charge in [-0.25, -0.2) is 0 Å². The third-order valence-corrected chi connectivity index (χ3v) is 9.37. The molecular formula is C34H60. The standard InChI is InChI=1S/C32H54.C2H6/c1-8-9-15-29-24(2)22-26(23-25(29)3)16-17-27-13-12-21-32(7)28(18-19-30(27)32)14-10-11-20-31(4,5)6;1-2/h15-17,24-25,28,30H,8-14,18-23H2,1-7H3;1-2H3/b26-16?,27-17+,29-15?;. The van der Waals surface area contributed by atoms with Gasteiger partial charge in [-0.2, -0.15) is 0 Å². The molecule has 0 amide bonds. The number of allylic oxidation sites excluding steroid dienone is 6. The third kappa shape index (κ3) is 7.86. The summed E-state index contributed by atoms with van der Waals surface area (Å²) in [5.74, 6) is 3.29. The lowest BCUT2D eigenvalue weighted by atomic mass is 9.62. The van der Waals surface area contributed by atoms with Gasteiger partial charge < -0.3 is 0 Å². The fourth-order valence-corrected chi connectivity index (χ4v) is 7.53. The summed E-state index contributed by atoms with van der Waals surface area (Å²) in [6.07, 6.45) is 25.7. The summed E-state index contributed by atoms with van der Waals surface area (Å²) in [6, 6.07) is 0. The van der Waals surface area contributed by atoms with Gasteiger partial charge in [-0.05, 0) is 98.7 Å². The van der Waals surface area contributed by atoms with E-state index in [1.165, 1.54) is 83.5 Å². The van der Waals surface area contributed by atoms with Gasteiger partial charge in [0.15, 0.2) is 0 Å². The van der Waals surface area contributed by atoms with E-state index in [4.69, 9.17) is 0 Å². The van der Waals surface area contributed by atoms with Crippen molar-refractivity contribution >= 4 is 0 Å². The minimum Gasteiger partial charge on any atom is -0.0848 e. The highest BCUT2D eigenvalue weighted by molar-refractivity contribution is 5.29. The number of rotatable bonds is 7. The maximum absolute atomic E-state index is 2.66. The van der Waals surface area contributed by atoms with Crippen LogP contribution in [-0.2, 0) is 0 Å². The molecule has 3 rings (SSSR count). The van der Waals surface area contributed by atoms with Crippen LogP contribution in [0.25, 0.3) is 0 Å². The van der Waals surface area contributed by atoms with Gasteiger partial charge in [-0.3, -0.25) is 0 Å². The number of hydrogen-bond donors (Lipinski definition) is 0. The van der Waals surface area contributed by atoms with E-state index in [9.17, 15) is 0 Å². The first kappa shape index (κ1) is 29.5. The summed E-state index contributed by atoms with van der Waals surface area (Å²) in [4.78, 5) is 0. The minimum atomic E-state index is 0.497. The lowest BCUT2D eigenvalue weighted by Gasteiger charge is -2.42. The second-order valence-electron chi connectivity index (χ2n) is 13.3. The molecule has 0 aromatic rings. The first-order valence-electron chi connectivity index (χ1n) is 15.2. The lowest BCUT2D eigenvalue weighted by molar-refractivity contribution is 0.126. The van der Waals surface area contributed by atoms with Gasteiger partial charge in [-0.15, -0.1) is 0 Å². The normalized spacial score (nSPS) is 32.8. The van der Waals surface area contributed by atoms with Crippen molar-refractivity contribution in [3.8, 4) is 0 Å². The molecule has 3 fully saturated rings. The molecule has 5 unspecified atom stereocenters. The van der Waals surface area contributed by atoms with Crippen molar-refractivity contribution < 1.29 is 0 Å². The molecule has 0 heteroatoms.